The van der Waals surface area contributed by atoms with Gasteiger partial charge in [-0.1, -0.05) is 45.4 Å². The van der Waals surface area contributed by atoms with Crippen molar-refractivity contribution in [3.05, 3.63) is 34.7 Å². The van der Waals surface area contributed by atoms with Crippen LogP contribution < -0.4 is 5.32 Å². The molecule has 3 heteroatoms. The summed E-state index contributed by atoms with van der Waals surface area (Å²) in [4.78, 5) is 1.41. The molecule has 2 rings (SSSR count). The van der Waals surface area contributed by atoms with Crippen molar-refractivity contribution in [2.24, 2.45) is 0 Å². The van der Waals surface area contributed by atoms with Gasteiger partial charge in [-0.25, -0.2) is 0 Å². The minimum absolute atomic E-state index is 0.508. The quantitative estimate of drug-likeness (QED) is 0.711. The Hall–Kier alpha value is -0.900. The lowest BCUT2D eigenvalue weighted by Gasteiger charge is -2.09. The van der Waals surface area contributed by atoms with E-state index in [1.807, 2.05) is 11.3 Å². The SMILES string of the molecule is CCCCOCc1c(CNC(C)C)sc2ccccc12. The third-order valence-corrected chi connectivity index (χ3v) is 4.55. The van der Waals surface area contributed by atoms with Crippen molar-refractivity contribution in [3.8, 4) is 0 Å². The second-order valence-corrected chi connectivity index (χ2v) is 6.58. The van der Waals surface area contributed by atoms with Gasteiger partial charge in [-0.15, -0.1) is 11.3 Å². The molecule has 0 atom stereocenters. The summed E-state index contributed by atoms with van der Waals surface area (Å²) in [6.07, 6.45) is 2.33. The molecule has 0 aliphatic rings. The highest BCUT2D eigenvalue weighted by Crippen LogP contribution is 2.31. The molecule has 0 unspecified atom stereocenters. The van der Waals surface area contributed by atoms with E-state index in [-0.39, 0.29) is 0 Å². The fraction of sp³-hybridized carbons (Fsp3) is 0.529. The van der Waals surface area contributed by atoms with Gasteiger partial charge < -0.3 is 10.1 Å². The van der Waals surface area contributed by atoms with Crippen LogP contribution in [0.15, 0.2) is 24.3 Å². The first kappa shape index (κ1) is 15.5. The second kappa shape index (κ2) is 7.77. The topological polar surface area (TPSA) is 21.3 Å². The van der Waals surface area contributed by atoms with Crippen LogP contribution in [-0.4, -0.2) is 12.6 Å². The molecule has 0 fully saturated rings. The molecule has 0 saturated heterocycles. The van der Waals surface area contributed by atoms with Crippen molar-refractivity contribution in [1.82, 2.24) is 5.32 Å². The zero-order valence-electron chi connectivity index (χ0n) is 12.7. The average molecular weight is 291 g/mol. The summed E-state index contributed by atoms with van der Waals surface area (Å²) in [6.45, 7) is 9.09. The van der Waals surface area contributed by atoms with Crippen LogP contribution in [0.4, 0.5) is 0 Å². The average Bonchev–Trinajstić information content (AvgIpc) is 2.79. The van der Waals surface area contributed by atoms with Gasteiger partial charge in [-0.2, -0.15) is 0 Å². The summed E-state index contributed by atoms with van der Waals surface area (Å²) in [5.74, 6) is 0. The highest BCUT2D eigenvalue weighted by Gasteiger charge is 2.12. The van der Waals surface area contributed by atoms with Gasteiger partial charge >= 0.3 is 0 Å². The van der Waals surface area contributed by atoms with E-state index >= 15 is 0 Å². The van der Waals surface area contributed by atoms with Crippen LogP contribution in [0.25, 0.3) is 10.1 Å². The van der Waals surface area contributed by atoms with E-state index in [1.54, 1.807) is 0 Å². The first-order valence-electron chi connectivity index (χ1n) is 7.52. The van der Waals surface area contributed by atoms with Gasteiger partial charge in [-0.05, 0) is 17.9 Å². The number of hydrogen-bond acceptors (Lipinski definition) is 3. The van der Waals surface area contributed by atoms with Gasteiger partial charge in [0.25, 0.3) is 0 Å². The van der Waals surface area contributed by atoms with Crippen LogP contribution in [-0.2, 0) is 17.9 Å². The smallest absolute Gasteiger partial charge is 0.0734 e. The maximum absolute atomic E-state index is 5.85. The Kier molecular flexibility index (Phi) is 6.02. The standard InChI is InChI=1S/C17H25NOS/c1-4-5-10-19-12-15-14-8-6-7-9-16(14)20-17(15)11-18-13(2)3/h6-9,13,18H,4-5,10-12H2,1-3H3. The van der Waals surface area contributed by atoms with Gasteiger partial charge in [0.15, 0.2) is 0 Å². The molecule has 0 spiro atoms. The summed E-state index contributed by atoms with van der Waals surface area (Å²) < 4.78 is 7.22. The van der Waals surface area contributed by atoms with Gasteiger partial charge in [0.2, 0.25) is 0 Å². The Bertz CT molecular complexity index is 533. The Balaban J connectivity index is 2.16. The molecule has 2 nitrogen and oxygen atoms in total. The molecule has 110 valence electrons. The lowest BCUT2D eigenvalue weighted by atomic mass is 10.1. The molecule has 1 aromatic carbocycles. The normalized spacial score (nSPS) is 11.6. The summed E-state index contributed by atoms with van der Waals surface area (Å²) in [7, 11) is 0. The second-order valence-electron chi connectivity index (χ2n) is 5.44. The minimum Gasteiger partial charge on any atom is -0.377 e. The first-order chi connectivity index (χ1) is 9.72. The van der Waals surface area contributed by atoms with Crippen molar-refractivity contribution in [1.29, 1.82) is 0 Å². The molecular weight excluding hydrogens is 266 g/mol. The van der Waals surface area contributed by atoms with Crippen LogP contribution in [0.3, 0.4) is 0 Å². The molecule has 0 amide bonds. The van der Waals surface area contributed by atoms with Crippen LogP contribution >= 0.6 is 11.3 Å². The number of rotatable bonds is 8. The fourth-order valence-corrected chi connectivity index (χ4v) is 3.33. The predicted molar refractivity (Wildman–Crippen MR) is 88.4 cm³/mol. The number of unbranched alkanes of at least 4 members (excludes halogenated alkanes) is 1. The van der Waals surface area contributed by atoms with Crippen molar-refractivity contribution in [2.75, 3.05) is 6.61 Å². The Labute approximate surface area is 126 Å². The van der Waals surface area contributed by atoms with E-state index in [9.17, 15) is 0 Å². The van der Waals surface area contributed by atoms with Crippen LogP contribution in [0.5, 0.6) is 0 Å². The number of nitrogens with one attached hydrogen (secondary N) is 1. The molecule has 1 aromatic heterocycles. The van der Waals surface area contributed by atoms with E-state index in [0.717, 1.165) is 26.2 Å². The van der Waals surface area contributed by atoms with Gasteiger partial charge in [0, 0.05) is 34.3 Å². The summed E-state index contributed by atoms with van der Waals surface area (Å²) in [5, 5.41) is 4.88. The number of ether oxygens (including phenoxy) is 1. The Morgan fingerprint density at radius 1 is 1.25 bits per heavy atom. The zero-order valence-corrected chi connectivity index (χ0v) is 13.6. The first-order valence-corrected chi connectivity index (χ1v) is 8.34. The number of hydrogen-bond donors (Lipinski definition) is 1. The minimum atomic E-state index is 0.508. The van der Waals surface area contributed by atoms with Crippen molar-refractivity contribution in [2.45, 2.75) is 52.8 Å². The molecule has 20 heavy (non-hydrogen) atoms. The van der Waals surface area contributed by atoms with Gasteiger partial charge in [0.1, 0.15) is 0 Å². The third-order valence-electron chi connectivity index (χ3n) is 3.34. The molecule has 0 aliphatic heterocycles. The van der Waals surface area contributed by atoms with E-state index in [1.165, 1.54) is 26.9 Å². The van der Waals surface area contributed by atoms with Gasteiger partial charge in [-0.3, -0.25) is 0 Å². The van der Waals surface area contributed by atoms with E-state index < -0.39 is 0 Å². The summed E-state index contributed by atoms with van der Waals surface area (Å²) in [6, 6.07) is 9.15. The van der Waals surface area contributed by atoms with E-state index in [4.69, 9.17) is 4.74 Å². The van der Waals surface area contributed by atoms with E-state index in [0.29, 0.717) is 6.04 Å². The van der Waals surface area contributed by atoms with Crippen LogP contribution in [0.2, 0.25) is 0 Å². The molecule has 0 saturated carbocycles. The molecule has 0 aliphatic carbocycles. The molecule has 2 aromatic rings. The lowest BCUT2D eigenvalue weighted by Crippen LogP contribution is -2.21. The third kappa shape index (κ3) is 4.05. The van der Waals surface area contributed by atoms with Gasteiger partial charge in [0.05, 0.1) is 6.61 Å². The monoisotopic (exact) mass is 291 g/mol. The predicted octanol–water partition coefficient (Wildman–Crippen LogP) is 4.72. The van der Waals surface area contributed by atoms with Crippen molar-refractivity contribution in [3.63, 3.8) is 0 Å². The highest BCUT2D eigenvalue weighted by molar-refractivity contribution is 7.19. The zero-order chi connectivity index (χ0) is 14.4. The highest BCUT2D eigenvalue weighted by atomic mass is 32.1. The molecule has 1 N–H and O–H groups in total. The molecule has 1 heterocycles. The lowest BCUT2D eigenvalue weighted by molar-refractivity contribution is 0.118. The molecule has 0 radical (unpaired) electrons. The van der Waals surface area contributed by atoms with Crippen molar-refractivity contribution >= 4 is 21.4 Å². The maximum atomic E-state index is 5.85. The van der Waals surface area contributed by atoms with Crippen LogP contribution in [0, 0.1) is 0 Å². The molecular formula is C17H25NOS. The Morgan fingerprint density at radius 3 is 2.80 bits per heavy atom. The van der Waals surface area contributed by atoms with Crippen LogP contribution in [0.1, 0.15) is 44.1 Å². The molecule has 0 bridgehead atoms. The maximum Gasteiger partial charge on any atom is 0.0734 e. The van der Waals surface area contributed by atoms with E-state index in [2.05, 4.69) is 50.4 Å². The number of thiophene rings is 1. The Morgan fingerprint density at radius 2 is 2.05 bits per heavy atom. The summed E-state index contributed by atoms with van der Waals surface area (Å²) in [5.41, 5.74) is 1.37. The van der Waals surface area contributed by atoms with Crippen molar-refractivity contribution < 1.29 is 4.74 Å². The summed E-state index contributed by atoms with van der Waals surface area (Å²) >= 11 is 1.89. The number of benzene rings is 1. The fourth-order valence-electron chi connectivity index (χ4n) is 2.17. The number of fused-ring (bicyclic) bond motifs is 1. The largest absolute Gasteiger partial charge is 0.377 e.